The van der Waals surface area contributed by atoms with Crippen LogP contribution >= 0.6 is 0 Å². The molecule has 176 valence electrons. The van der Waals surface area contributed by atoms with Gasteiger partial charge in [-0.25, -0.2) is 4.79 Å². The number of aliphatic carboxylic acids is 1. The number of alkyl halides is 3. The number of amides is 1. The van der Waals surface area contributed by atoms with Gasteiger partial charge in [0.2, 0.25) is 0 Å². The smallest absolute Gasteiger partial charge is 0.475 e. The average Bonchev–Trinajstić information content (AvgIpc) is 2.72. The molecule has 33 heavy (non-hydrogen) atoms. The fourth-order valence-electron chi connectivity index (χ4n) is 6.24. The highest BCUT2D eigenvalue weighted by molar-refractivity contribution is 5.95. The molecule has 0 aromatic heterocycles. The summed E-state index contributed by atoms with van der Waals surface area (Å²) in [6.45, 7) is 0. The summed E-state index contributed by atoms with van der Waals surface area (Å²) >= 11 is 0. The zero-order valence-electron chi connectivity index (χ0n) is 18.1. The molecule has 4 aliphatic carbocycles. The number of benzene rings is 2. The summed E-state index contributed by atoms with van der Waals surface area (Å²) in [6.07, 6.45) is 1.68. The first kappa shape index (κ1) is 23.3. The Bertz CT molecular complexity index is 1010. The third kappa shape index (κ3) is 5.21. The molecule has 2 aromatic carbocycles. The number of hydrogen-bond donors (Lipinski definition) is 3. The molecule has 8 heteroatoms. The summed E-state index contributed by atoms with van der Waals surface area (Å²) in [5.41, 5.74) is 9.58. The monoisotopic (exact) mass is 460 g/mol. The number of nitrogens with one attached hydrogen (secondary N) is 1. The summed E-state index contributed by atoms with van der Waals surface area (Å²) in [6, 6.07) is 18.2. The van der Waals surface area contributed by atoms with Crippen molar-refractivity contribution in [1.29, 1.82) is 0 Å². The zero-order valence-corrected chi connectivity index (χ0v) is 18.1. The highest BCUT2D eigenvalue weighted by Gasteiger charge is 2.56. The van der Waals surface area contributed by atoms with Crippen molar-refractivity contribution in [2.24, 2.45) is 17.6 Å². The molecule has 5 nitrogen and oxygen atoms in total. The van der Waals surface area contributed by atoms with E-state index in [9.17, 15) is 18.0 Å². The quantitative estimate of drug-likeness (QED) is 0.615. The normalized spacial score (nSPS) is 29.7. The average molecular weight is 460 g/mol. The van der Waals surface area contributed by atoms with Crippen molar-refractivity contribution in [2.45, 2.75) is 55.8 Å². The Kier molecular flexibility index (Phi) is 5.99. The molecule has 0 radical (unpaired) electrons. The maximum atomic E-state index is 12.9. The fraction of sp³-hybridized carbons (Fsp3) is 0.440. The highest BCUT2D eigenvalue weighted by atomic mass is 19.4. The van der Waals surface area contributed by atoms with Gasteiger partial charge in [-0.05, 0) is 73.6 Å². The number of hydrogen-bond acceptors (Lipinski definition) is 3. The van der Waals surface area contributed by atoms with Gasteiger partial charge in [0.15, 0.2) is 0 Å². The molecular formula is C25H27F3N2O3. The first-order chi connectivity index (χ1) is 15.5. The molecule has 0 aliphatic heterocycles. The largest absolute Gasteiger partial charge is 0.490 e. The van der Waals surface area contributed by atoms with Gasteiger partial charge in [0, 0.05) is 16.6 Å². The molecule has 0 heterocycles. The van der Waals surface area contributed by atoms with E-state index in [4.69, 9.17) is 15.6 Å². The van der Waals surface area contributed by atoms with Crippen molar-refractivity contribution >= 4 is 11.9 Å². The third-order valence-corrected chi connectivity index (χ3v) is 6.98. The zero-order chi connectivity index (χ0) is 23.9. The molecule has 4 bridgehead atoms. The Balaban J connectivity index is 0.000000325. The maximum Gasteiger partial charge on any atom is 0.490 e. The minimum Gasteiger partial charge on any atom is -0.475 e. The number of halogens is 3. The Morgan fingerprint density at radius 3 is 1.91 bits per heavy atom. The number of carbonyl (C=O) groups is 2. The number of rotatable bonds is 3. The summed E-state index contributed by atoms with van der Waals surface area (Å²) in [5, 5.41) is 10.5. The topological polar surface area (TPSA) is 92.4 Å². The SMILES string of the molecule is NC12C[C@H]3C[C@@H](C1)CC(NC(=O)c1ccc(-c4ccccc4)cc1)(C3)C2.O=C(O)C(F)(F)F. The lowest BCUT2D eigenvalue weighted by atomic mass is 9.50. The first-order valence-corrected chi connectivity index (χ1v) is 11.0. The van der Waals surface area contributed by atoms with E-state index in [1.165, 1.54) is 12.0 Å². The molecule has 6 rings (SSSR count). The number of nitrogens with two attached hydrogens (primary N) is 1. The van der Waals surface area contributed by atoms with Crippen LogP contribution in [-0.4, -0.2) is 34.2 Å². The maximum absolute atomic E-state index is 12.9. The standard InChI is InChI=1S/C23H26N2O.C2HF3O2/c24-22-11-16-10-17(12-22)14-23(13-16,15-22)25-21(26)20-8-6-19(7-9-20)18-4-2-1-3-5-18;3-2(4,5)1(6)7/h1-9,16-17H,10-15,24H2,(H,25,26);(H,6,7)/t16-,17+,22?,23?;. The van der Waals surface area contributed by atoms with Crippen molar-refractivity contribution in [1.82, 2.24) is 5.32 Å². The van der Waals surface area contributed by atoms with Crippen molar-refractivity contribution < 1.29 is 27.9 Å². The van der Waals surface area contributed by atoms with E-state index in [1.807, 2.05) is 42.5 Å². The Morgan fingerprint density at radius 1 is 0.909 bits per heavy atom. The van der Waals surface area contributed by atoms with Gasteiger partial charge in [-0.2, -0.15) is 13.2 Å². The van der Waals surface area contributed by atoms with E-state index in [-0.39, 0.29) is 17.0 Å². The van der Waals surface area contributed by atoms with Crippen LogP contribution in [0.15, 0.2) is 54.6 Å². The molecule has 0 saturated heterocycles. The second kappa shape index (κ2) is 8.48. The predicted octanol–water partition coefficient (Wildman–Crippen LogP) is 4.77. The lowest BCUT2D eigenvalue weighted by Gasteiger charge is -2.61. The lowest BCUT2D eigenvalue weighted by Crippen LogP contribution is -2.68. The molecule has 4 aliphatic rings. The summed E-state index contributed by atoms with van der Waals surface area (Å²) < 4.78 is 31.7. The molecule has 2 unspecified atom stereocenters. The van der Waals surface area contributed by atoms with Crippen LogP contribution in [0.25, 0.3) is 11.1 Å². The van der Waals surface area contributed by atoms with Crippen molar-refractivity contribution in [3.63, 3.8) is 0 Å². The van der Waals surface area contributed by atoms with Gasteiger partial charge in [0.25, 0.3) is 5.91 Å². The summed E-state index contributed by atoms with van der Waals surface area (Å²) in [4.78, 5) is 21.8. The van der Waals surface area contributed by atoms with Gasteiger partial charge in [-0.3, -0.25) is 4.79 Å². The van der Waals surface area contributed by atoms with Gasteiger partial charge in [-0.1, -0.05) is 42.5 Å². The number of carboxylic acids is 1. The predicted molar refractivity (Wildman–Crippen MR) is 117 cm³/mol. The van der Waals surface area contributed by atoms with Crippen LogP contribution in [0.5, 0.6) is 0 Å². The molecule has 4 saturated carbocycles. The second-order valence-corrected chi connectivity index (χ2v) is 9.80. The van der Waals surface area contributed by atoms with Crippen LogP contribution in [0, 0.1) is 11.8 Å². The third-order valence-electron chi connectivity index (χ3n) is 6.98. The highest BCUT2D eigenvalue weighted by Crippen LogP contribution is 2.56. The van der Waals surface area contributed by atoms with Crippen molar-refractivity contribution in [2.75, 3.05) is 0 Å². The number of carboxylic acid groups (broad SMARTS) is 1. The van der Waals surface area contributed by atoms with Crippen LogP contribution in [0.1, 0.15) is 48.9 Å². The molecule has 1 amide bonds. The van der Waals surface area contributed by atoms with Crippen LogP contribution in [0.2, 0.25) is 0 Å². The molecular weight excluding hydrogens is 433 g/mol. The van der Waals surface area contributed by atoms with E-state index in [1.54, 1.807) is 0 Å². The molecule has 4 fully saturated rings. The Hall–Kier alpha value is -2.87. The minimum absolute atomic E-state index is 0.0471. The van der Waals surface area contributed by atoms with E-state index in [2.05, 4.69) is 17.4 Å². The second-order valence-electron chi connectivity index (χ2n) is 9.80. The van der Waals surface area contributed by atoms with Gasteiger partial charge in [0.1, 0.15) is 0 Å². The van der Waals surface area contributed by atoms with Gasteiger partial charge in [-0.15, -0.1) is 0 Å². The Labute approximate surface area is 190 Å². The molecule has 4 N–H and O–H groups in total. The van der Waals surface area contributed by atoms with E-state index < -0.39 is 12.1 Å². The van der Waals surface area contributed by atoms with Crippen LogP contribution in [-0.2, 0) is 4.79 Å². The van der Waals surface area contributed by atoms with Crippen molar-refractivity contribution in [3.8, 4) is 11.1 Å². The van der Waals surface area contributed by atoms with Gasteiger partial charge < -0.3 is 16.2 Å². The lowest BCUT2D eigenvalue weighted by molar-refractivity contribution is -0.192. The molecule has 0 spiro atoms. The molecule has 4 atom stereocenters. The van der Waals surface area contributed by atoms with E-state index >= 15 is 0 Å². The summed E-state index contributed by atoms with van der Waals surface area (Å²) in [7, 11) is 0. The van der Waals surface area contributed by atoms with E-state index in [0.717, 1.165) is 43.2 Å². The van der Waals surface area contributed by atoms with Gasteiger partial charge in [0.05, 0.1) is 0 Å². The van der Waals surface area contributed by atoms with E-state index in [0.29, 0.717) is 11.8 Å². The van der Waals surface area contributed by atoms with Crippen LogP contribution in [0.4, 0.5) is 13.2 Å². The first-order valence-electron chi connectivity index (χ1n) is 11.0. The van der Waals surface area contributed by atoms with Crippen LogP contribution in [0.3, 0.4) is 0 Å². The Morgan fingerprint density at radius 2 is 1.42 bits per heavy atom. The summed E-state index contributed by atoms with van der Waals surface area (Å²) in [5.74, 6) is -1.31. The fourth-order valence-corrected chi connectivity index (χ4v) is 6.24. The van der Waals surface area contributed by atoms with Crippen LogP contribution < -0.4 is 11.1 Å². The number of carbonyl (C=O) groups excluding carboxylic acids is 1. The molecule has 2 aromatic rings. The van der Waals surface area contributed by atoms with Gasteiger partial charge >= 0.3 is 12.1 Å². The minimum atomic E-state index is -5.08. The van der Waals surface area contributed by atoms with Crippen molar-refractivity contribution in [3.05, 3.63) is 60.2 Å².